The molecule has 0 aliphatic rings. The van der Waals surface area contributed by atoms with Gasteiger partial charge in [-0.3, -0.25) is 9.20 Å². The van der Waals surface area contributed by atoms with Crippen molar-refractivity contribution in [2.24, 2.45) is 0 Å². The third-order valence-electron chi connectivity index (χ3n) is 3.55. The van der Waals surface area contributed by atoms with Crippen LogP contribution in [0.1, 0.15) is 27.3 Å². The fraction of sp³-hybridized carbons (Fsp3) is 0.176. The summed E-state index contributed by atoms with van der Waals surface area (Å²) in [7, 11) is 0. The number of pyridine rings is 1. The zero-order chi connectivity index (χ0) is 15.7. The topological polar surface area (TPSA) is 46.4 Å². The average Bonchev–Trinajstić information content (AvgIpc) is 2.81. The summed E-state index contributed by atoms with van der Waals surface area (Å²) in [6.45, 7) is 4.17. The molecule has 0 radical (unpaired) electrons. The first kappa shape index (κ1) is 14.3. The van der Waals surface area contributed by atoms with Gasteiger partial charge in [0.25, 0.3) is 5.91 Å². The minimum Gasteiger partial charge on any atom is -0.347 e. The number of aryl methyl sites for hydroxylation is 2. The highest BCUT2D eigenvalue weighted by Crippen LogP contribution is 2.13. The number of rotatable bonds is 3. The van der Waals surface area contributed by atoms with Crippen LogP contribution >= 0.6 is 0 Å². The molecule has 0 atom stereocenters. The number of hydrogen-bond acceptors (Lipinski definition) is 2. The summed E-state index contributed by atoms with van der Waals surface area (Å²) in [5, 5.41) is 2.85. The van der Waals surface area contributed by atoms with Crippen LogP contribution in [0.25, 0.3) is 5.65 Å². The predicted octanol–water partition coefficient (Wildman–Crippen LogP) is 3.02. The quantitative estimate of drug-likeness (QED) is 0.807. The van der Waals surface area contributed by atoms with Crippen molar-refractivity contribution in [1.82, 2.24) is 14.7 Å². The molecule has 0 bridgehead atoms. The van der Waals surface area contributed by atoms with E-state index in [1.54, 1.807) is 13.0 Å². The van der Waals surface area contributed by atoms with Crippen LogP contribution < -0.4 is 5.32 Å². The summed E-state index contributed by atoms with van der Waals surface area (Å²) >= 11 is 0. The van der Waals surface area contributed by atoms with Gasteiger partial charge in [0.05, 0.1) is 5.69 Å². The Morgan fingerprint density at radius 1 is 1.18 bits per heavy atom. The first-order chi connectivity index (χ1) is 10.5. The number of imidazole rings is 1. The van der Waals surface area contributed by atoms with E-state index in [0.717, 1.165) is 5.56 Å². The van der Waals surface area contributed by atoms with Crippen LogP contribution in [-0.4, -0.2) is 15.3 Å². The SMILES string of the molecule is Cc1ccc(CNC(=O)c2c(C)nc3ccc(F)cn23)cc1. The Morgan fingerprint density at radius 3 is 2.64 bits per heavy atom. The van der Waals surface area contributed by atoms with Crippen LogP contribution in [-0.2, 0) is 6.54 Å². The lowest BCUT2D eigenvalue weighted by atomic mass is 10.1. The van der Waals surface area contributed by atoms with Crippen LogP contribution in [0.3, 0.4) is 0 Å². The molecule has 4 nitrogen and oxygen atoms in total. The van der Waals surface area contributed by atoms with Crippen LogP contribution in [0.4, 0.5) is 4.39 Å². The highest BCUT2D eigenvalue weighted by molar-refractivity contribution is 5.94. The van der Waals surface area contributed by atoms with Gasteiger partial charge in [0, 0.05) is 12.7 Å². The second-order valence-electron chi connectivity index (χ2n) is 5.29. The molecule has 5 heteroatoms. The Morgan fingerprint density at radius 2 is 1.91 bits per heavy atom. The Kier molecular flexibility index (Phi) is 3.63. The maximum Gasteiger partial charge on any atom is 0.270 e. The zero-order valence-corrected chi connectivity index (χ0v) is 12.4. The Labute approximate surface area is 127 Å². The van der Waals surface area contributed by atoms with E-state index >= 15 is 0 Å². The van der Waals surface area contributed by atoms with E-state index in [1.807, 2.05) is 31.2 Å². The highest BCUT2D eigenvalue weighted by Gasteiger charge is 2.16. The molecule has 22 heavy (non-hydrogen) atoms. The van der Waals surface area contributed by atoms with Gasteiger partial charge in [-0.05, 0) is 31.5 Å². The lowest BCUT2D eigenvalue weighted by Crippen LogP contribution is -2.25. The van der Waals surface area contributed by atoms with Crippen molar-refractivity contribution in [2.45, 2.75) is 20.4 Å². The highest BCUT2D eigenvalue weighted by atomic mass is 19.1. The number of carbonyl (C=O) groups is 1. The van der Waals surface area contributed by atoms with Crippen molar-refractivity contribution >= 4 is 11.6 Å². The van der Waals surface area contributed by atoms with Crippen molar-refractivity contribution in [1.29, 1.82) is 0 Å². The average molecular weight is 297 g/mol. The van der Waals surface area contributed by atoms with Gasteiger partial charge in [0.15, 0.2) is 0 Å². The molecule has 0 unspecified atom stereocenters. The number of nitrogens with one attached hydrogen (secondary N) is 1. The number of halogens is 1. The van der Waals surface area contributed by atoms with Gasteiger partial charge in [-0.15, -0.1) is 0 Å². The maximum absolute atomic E-state index is 13.4. The lowest BCUT2D eigenvalue weighted by molar-refractivity contribution is 0.0944. The van der Waals surface area contributed by atoms with E-state index in [0.29, 0.717) is 23.6 Å². The van der Waals surface area contributed by atoms with Crippen LogP contribution in [0.15, 0.2) is 42.6 Å². The van der Waals surface area contributed by atoms with Crippen molar-refractivity contribution in [3.63, 3.8) is 0 Å². The monoisotopic (exact) mass is 297 g/mol. The van der Waals surface area contributed by atoms with E-state index in [2.05, 4.69) is 10.3 Å². The van der Waals surface area contributed by atoms with Crippen molar-refractivity contribution < 1.29 is 9.18 Å². The van der Waals surface area contributed by atoms with E-state index in [-0.39, 0.29) is 5.91 Å². The Bertz CT molecular complexity index is 837. The molecule has 1 amide bonds. The molecule has 1 aromatic carbocycles. The molecule has 0 spiro atoms. The molecule has 1 N–H and O–H groups in total. The summed E-state index contributed by atoms with van der Waals surface area (Å²) in [4.78, 5) is 16.7. The van der Waals surface area contributed by atoms with Gasteiger partial charge in [-0.2, -0.15) is 0 Å². The summed E-state index contributed by atoms with van der Waals surface area (Å²) < 4.78 is 14.9. The fourth-order valence-corrected chi connectivity index (χ4v) is 2.38. The van der Waals surface area contributed by atoms with Crippen LogP contribution in [0.5, 0.6) is 0 Å². The molecule has 2 aromatic heterocycles. The molecule has 2 heterocycles. The number of benzene rings is 1. The number of carbonyl (C=O) groups excluding carboxylic acids is 1. The number of hydrogen-bond donors (Lipinski definition) is 1. The molecule has 0 aliphatic carbocycles. The normalized spacial score (nSPS) is 10.9. The minimum atomic E-state index is -0.405. The molecule has 0 fully saturated rings. The van der Waals surface area contributed by atoms with Gasteiger partial charge in [0.2, 0.25) is 0 Å². The third-order valence-corrected chi connectivity index (χ3v) is 3.55. The zero-order valence-electron chi connectivity index (χ0n) is 12.4. The smallest absolute Gasteiger partial charge is 0.270 e. The Balaban J connectivity index is 1.84. The van der Waals surface area contributed by atoms with E-state index in [9.17, 15) is 9.18 Å². The predicted molar refractivity (Wildman–Crippen MR) is 82.2 cm³/mol. The fourth-order valence-electron chi connectivity index (χ4n) is 2.38. The van der Waals surface area contributed by atoms with Gasteiger partial charge >= 0.3 is 0 Å². The third kappa shape index (κ3) is 2.70. The van der Waals surface area contributed by atoms with Gasteiger partial charge in [0.1, 0.15) is 17.2 Å². The van der Waals surface area contributed by atoms with Gasteiger partial charge in [-0.25, -0.2) is 9.37 Å². The second kappa shape index (κ2) is 5.60. The Hall–Kier alpha value is -2.69. The number of aromatic nitrogens is 2. The maximum atomic E-state index is 13.4. The van der Waals surface area contributed by atoms with Crippen LogP contribution in [0, 0.1) is 19.7 Å². The standard InChI is InChI=1S/C17H16FN3O/c1-11-3-5-13(6-4-11)9-19-17(22)16-12(2)20-15-8-7-14(18)10-21(15)16/h3-8,10H,9H2,1-2H3,(H,19,22). The first-order valence-corrected chi connectivity index (χ1v) is 7.02. The largest absolute Gasteiger partial charge is 0.347 e. The molecule has 112 valence electrons. The summed E-state index contributed by atoms with van der Waals surface area (Å²) in [6, 6.07) is 10.8. The molecule has 3 aromatic rings. The molecular weight excluding hydrogens is 281 g/mol. The van der Waals surface area contributed by atoms with Gasteiger partial charge < -0.3 is 5.32 Å². The molecule has 3 rings (SSSR count). The lowest BCUT2D eigenvalue weighted by Gasteiger charge is -2.06. The summed E-state index contributed by atoms with van der Waals surface area (Å²) in [5.41, 5.74) is 3.67. The molecule has 0 aliphatic heterocycles. The number of amides is 1. The van der Waals surface area contributed by atoms with Crippen molar-refractivity contribution in [3.05, 3.63) is 70.9 Å². The van der Waals surface area contributed by atoms with Crippen molar-refractivity contribution in [3.8, 4) is 0 Å². The minimum absolute atomic E-state index is 0.267. The van der Waals surface area contributed by atoms with Crippen LogP contribution in [0.2, 0.25) is 0 Å². The van der Waals surface area contributed by atoms with Gasteiger partial charge in [-0.1, -0.05) is 29.8 Å². The summed E-state index contributed by atoms with van der Waals surface area (Å²) in [5.74, 6) is -0.673. The summed E-state index contributed by atoms with van der Waals surface area (Å²) in [6.07, 6.45) is 1.27. The van der Waals surface area contributed by atoms with E-state index < -0.39 is 5.82 Å². The second-order valence-corrected chi connectivity index (χ2v) is 5.29. The van der Waals surface area contributed by atoms with E-state index in [1.165, 1.54) is 22.2 Å². The van der Waals surface area contributed by atoms with Crippen molar-refractivity contribution in [2.75, 3.05) is 0 Å². The molecular formula is C17H16FN3O. The molecule has 0 saturated heterocycles. The number of nitrogens with zero attached hydrogens (tertiary/aromatic N) is 2. The first-order valence-electron chi connectivity index (χ1n) is 7.02. The van der Waals surface area contributed by atoms with E-state index in [4.69, 9.17) is 0 Å². The molecule has 0 saturated carbocycles. The number of fused-ring (bicyclic) bond motifs is 1.